The number of hydrogen-bond donors (Lipinski definition) is 0. The molecule has 0 aliphatic carbocycles. The van der Waals surface area contributed by atoms with Gasteiger partial charge in [0.05, 0.1) is 28.6 Å². The molecule has 0 amide bonds. The van der Waals surface area contributed by atoms with E-state index >= 15 is 4.39 Å². The Bertz CT molecular complexity index is 1320. The van der Waals surface area contributed by atoms with Crippen LogP contribution >= 0.6 is 23.2 Å². The van der Waals surface area contributed by atoms with Gasteiger partial charge in [-0.15, -0.1) is 10.2 Å². The van der Waals surface area contributed by atoms with Gasteiger partial charge < -0.3 is 9.15 Å². The summed E-state index contributed by atoms with van der Waals surface area (Å²) in [6.45, 7) is 0. The van der Waals surface area contributed by atoms with Gasteiger partial charge in [0, 0.05) is 10.6 Å². The van der Waals surface area contributed by atoms with E-state index in [1.807, 2.05) is 6.07 Å². The van der Waals surface area contributed by atoms with Gasteiger partial charge in [0.1, 0.15) is 11.6 Å². The SMILES string of the molecule is N#Cc1cc(Cl)cc(Oc2c(Cl)ccc(Cc3nnc(-c4ccccc4F)o3)c2F)c1. The quantitative estimate of drug-likeness (QED) is 0.338. The second-order valence-electron chi connectivity index (χ2n) is 6.40. The van der Waals surface area contributed by atoms with E-state index in [2.05, 4.69) is 10.2 Å². The van der Waals surface area contributed by atoms with Crippen LogP contribution in [0.4, 0.5) is 8.78 Å². The zero-order chi connectivity index (χ0) is 22.0. The molecule has 0 spiro atoms. The molecule has 0 fully saturated rings. The van der Waals surface area contributed by atoms with E-state index in [1.54, 1.807) is 12.1 Å². The molecule has 1 heterocycles. The summed E-state index contributed by atoms with van der Waals surface area (Å²) in [6.07, 6.45) is -0.0696. The lowest BCUT2D eigenvalue weighted by atomic mass is 10.1. The summed E-state index contributed by atoms with van der Waals surface area (Å²) in [5, 5.41) is 17.0. The number of rotatable bonds is 5. The second-order valence-corrected chi connectivity index (χ2v) is 7.24. The van der Waals surface area contributed by atoms with Crippen molar-refractivity contribution in [3.05, 3.63) is 93.3 Å². The van der Waals surface area contributed by atoms with Gasteiger partial charge in [-0.1, -0.05) is 41.4 Å². The monoisotopic (exact) mass is 457 g/mol. The maximum Gasteiger partial charge on any atom is 0.250 e. The molecule has 0 N–H and O–H groups in total. The summed E-state index contributed by atoms with van der Waals surface area (Å²) in [7, 11) is 0. The average Bonchev–Trinajstić information content (AvgIpc) is 3.21. The molecule has 4 rings (SSSR count). The second kappa shape index (κ2) is 8.72. The van der Waals surface area contributed by atoms with Crippen molar-refractivity contribution in [3.8, 4) is 29.0 Å². The molecule has 31 heavy (non-hydrogen) atoms. The predicted molar refractivity (Wildman–Crippen MR) is 110 cm³/mol. The molecule has 0 unspecified atom stereocenters. The highest BCUT2D eigenvalue weighted by atomic mass is 35.5. The van der Waals surface area contributed by atoms with E-state index in [9.17, 15) is 4.39 Å². The van der Waals surface area contributed by atoms with Crippen LogP contribution in [0.3, 0.4) is 0 Å². The summed E-state index contributed by atoms with van der Waals surface area (Å²) < 4.78 is 40.1. The molecule has 3 aromatic carbocycles. The Morgan fingerprint density at radius 1 is 1.03 bits per heavy atom. The zero-order valence-corrected chi connectivity index (χ0v) is 17.1. The molecule has 0 saturated carbocycles. The van der Waals surface area contributed by atoms with Crippen LogP contribution in [0.1, 0.15) is 17.0 Å². The third kappa shape index (κ3) is 4.50. The predicted octanol–water partition coefficient (Wildman–Crippen LogP) is 6.58. The smallest absolute Gasteiger partial charge is 0.250 e. The molecule has 5 nitrogen and oxygen atoms in total. The summed E-state index contributed by atoms with van der Waals surface area (Å²) in [5.41, 5.74) is 0.573. The first-order chi connectivity index (χ1) is 14.9. The first kappa shape index (κ1) is 20.8. The van der Waals surface area contributed by atoms with Gasteiger partial charge >= 0.3 is 0 Å². The maximum absolute atomic E-state index is 15.1. The molecule has 4 aromatic rings. The minimum atomic E-state index is -0.739. The molecule has 154 valence electrons. The Morgan fingerprint density at radius 3 is 2.61 bits per heavy atom. The highest BCUT2D eigenvalue weighted by Gasteiger charge is 2.19. The van der Waals surface area contributed by atoms with Crippen LogP contribution < -0.4 is 4.74 Å². The van der Waals surface area contributed by atoms with Crippen LogP contribution in [-0.2, 0) is 6.42 Å². The number of nitriles is 1. The molecule has 0 saturated heterocycles. The molecule has 0 aliphatic heterocycles. The summed E-state index contributed by atoms with van der Waals surface area (Å²) >= 11 is 12.1. The molecule has 1 aromatic heterocycles. The topological polar surface area (TPSA) is 71.9 Å². The third-order valence-electron chi connectivity index (χ3n) is 4.26. The first-order valence-electron chi connectivity index (χ1n) is 8.87. The molecule has 0 atom stereocenters. The van der Waals surface area contributed by atoms with E-state index in [4.69, 9.17) is 37.6 Å². The Hall–Kier alpha value is -3.47. The van der Waals surface area contributed by atoms with Crippen molar-refractivity contribution in [2.75, 3.05) is 0 Å². The van der Waals surface area contributed by atoms with Crippen LogP contribution in [-0.4, -0.2) is 10.2 Å². The summed E-state index contributed by atoms with van der Waals surface area (Å²) in [5.74, 6) is -1.26. The minimum Gasteiger partial charge on any atom is -0.453 e. The number of hydrogen-bond acceptors (Lipinski definition) is 5. The molecule has 9 heteroatoms. The fraction of sp³-hybridized carbons (Fsp3) is 0.0455. The lowest BCUT2D eigenvalue weighted by molar-refractivity contribution is 0.437. The van der Waals surface area contributed by atoms with Gasteiger partial charge in [-0.3, -0.25) is 0 Å². The maximum atomic E-state index is 15.1. The van der Waals surface area contributed by atoms with E-state index in [-0.39, 0.29) is 56.4 Å². The Morgan fingerprint density at radius 2 is 1.84 bits per heavy atom. The van der Waals surface area contributed by atoms with Crippen molar-refractivity contribution < 1.29 is 17.9 Å². The van der Waals surface area contributed by atoms with Gasteiger partial charge in [0.15, 0.2) is 11.6 Å². The fourth-order valence-electron chi connectivity index (χ4n) is 2.84. The molecular weight excluding hydrogens is 447 g/mol. The van der Waals surface area contributed by atoms with Crippen LogP contribution in [0, 0.1) is 23.0 Å². The van der Waals surface area contributed by atoms with Crippen molar-refractivity contribution in [2.45, 2.75) is 6.42 Å². The van der Waals surface area contributed by atoms with Crippen molar-refractivity contribution in [1.82, 2.24) is 10.2 Å². The number of benzene rings is 3. The lowest BCUT2D eigenvalue weighted by Crippen LogP contribution is -1.98. The zero-order valence-electron chi connectivity index (χ0n) is 15.6. The van der Waals surface area contributed by atoms with Crippen molar-refractivity contribution >= 4 is 23.2 Å². The van der Waals surface area contributed by atoms with Crippen LogP contribution in [0.5, 0.6) is 11.5 Å². The molecule has 0 bridgehead atoms. The van der Waals surface area contributed by atoms with E-state index < -0.39 is 11.6 Å². The minimum absolute atomic E-state index is 0.0121. The van der Waals surface area contributed by atoms with Crippen LogP contribution in [0.25, 0.3) is 11.5 Å². The first-order valence-corrected chi connectivity index (χ1v) is 9.63. The van der Waals surface area contributed by atoms with Crippen molar-refractivity contribution in [3.63, 3.8) is 0 Å². The van der Waals surface area contributed by atoms with Crippen LogP contribution in [0.2, 0.25) is 10.0 Å². The van der Waals surface area contributed by atoms with Gasteiger partial charge in [-0.05, 0) is 36.4 Å². The Labute approximate surface area is 185 Å². The fourth-order valence-corrected chi connectivity index (χ4v) is 3.25. The molecule has 0 radical (unpaired) electrons. The standard InChI is InChI=1S/C22H11Cl2F2N3O2/c23-14-7-12(11-27)8-15(10-14)30-21-17(24)6-5-13(20(21)26)9-19-28-29-22(31-19)16-3-1-2-4-18(16)25/h1-8,10H,9H2. The number of nitrogens with zero attached hydrogens (tertiary/aromatic N) is 3. The number of halogens is 4. The van der Waals surface area contributed by atoms with Crippen molar-refractivity contribution in [2.24, 2.45) is 0 Å². The Kier molecular flexibility index (Phi) is 5.85. The van der Waals surface area contributed by atoms with Gasteiger partial charge in [0.25, 0.3) is 5.89 Å². The van der Waals surface area contributed by atoms with Gasteiger partial charge in [-0.2, -0.15) is 5.26 Å². The number of ether oxygens (including phenoxy) is 1. The summed E-state index contributed by atoms with van der Waals surface area (Å²) in [4.78, 5) is 0. The van der Waals surface area contributed by atoms with E-state index in [0.29, 0.717) is 0 Å². The average molecular weight is 458 g/mol. The lowest BCUT2D eigenvalue weighted by Gasteiger charge is -2.11. The number of aromatic nitrogens is 2. The van der Waals surface area contributed by atoms with Crippen molar-refractivity contribution in [1.29, 1.82) is 5.26 Å². The van der Waals surface area contributed by atoms with E-state index in [1.165, 1.54) is 42.5 Å². The molecule has 0 aliphatic rings. The summed E-state index contributed by atoms with van der Waals surface area (Å²) in [6, 6.07) is 15.1. The van der Waals surface area contributed by atoms with Gasteiger partial charge in [0.2, 0.25) is 5.89 Å². The van der Waals surface area contributed by atoms with Crippen LogP contribution in [0.15, 0.2) is 59.0 Å². The highest BCUT2D eigenvalue weighted by molar-refractivity contribution is 6.32. The molecular formula is C22H11Cl2F2N3O2. The highest BCUT2D eigenvalue weighted by Crippen LogP contribution is 2.36. The van der Waals surface area contributed by atoms with Gasteiger partial charge in [-0.25, -0.2) is 8.78 Å². The normalized spacial score (nSPS) is 10.7. The Balaban J connectivity index is 1.62. The third-order valence-corrected chi connectivity index (χ3v) is 4.78. The van der Waals surface area contributed by atoms with E-state index in [0.717, 1.165) is 0 Å². The largest absolute Gasteiger partial charge is 0.453 e.